The number of rotatable bonds is 6. The van der Waals surface area contributed by atoms with Crippen molar-refractivity contribution in [3.63, 3.8) is 0 Å². The fraction of sp³-hybridized carbons (Fsp3) is 0.143. The number of carbonyl (C=O) groups is 6. The average molecular weight is 839 g/mol. The molecule has 20 nitrogen and oxygen atoms in total. The maximum absolute atomic E-state index is 12.5. The van der Waals surface area contributed by atoms with Gasteiger partial charge in [-0.15, -0.1) is 0 Å². The third-order valence-corrected chi connectivity index (χ3v) is 9.85. The monoisotopic (exact) mass is 838 g/mol. The molecule has 9 rings (SSSR count). The number of hydrogen-bond donors (Lipinski definition) is 6. The molecule has 6 aromatic rings. The molecule has 0 amide bonds. The largest absolute Gasteiger partial charge is 0.478 e. The minimum atomic E-state index is -1.34. The lowest BCUT2D eigenvalue weighted by Gasteiger charge is -2.25. The number of nitrogens with zero attached hydrogens (tertiary/aromatic N) is 8. The van der Waals surface area contributed by atoms with Gasteiger partial charge in [0.25, 0.3) is 0 Å². The van der Waals surface area contributed by atoms with Gasteiger partial charge in [0.2, 0.25) is 0 Å². The predicted octanol–water partition coefficient (Wildman–Crippen LogP) is 4.28. The maximum Gasteiger partial charge on any atom is 0.335 e. The molecular weight excluding hydrogens is 809 g/mol. The van der Waals surface area contributed by atoms with E-state index in [2.05, 4.69) is 0 Å². The van der Waals surface area contributed by atoms with Crippen molar-refractivity contribution >= 4 is 35.8 Å². The van der Waals surface area contributed by atoms with Gasteiger partial charge in [0, 0.05) is 39.3 Å². The summed E-state index contributed by atoms with van der Waals surface area (Å²) in [5, 5.41) is 61.3. The van der Waals surface area contributed by atoms with Crippen LogP contribution in [0.3, 0.4) is 0 Å². The van der Waals surface area contributed by atoms with Crippen LogP contribution in [-0.2, 0) is 39.3 Å². The molecule has 0 saturated heterocycles. The van der Waals surface area contributed by atoms with Crippen molar-refractivity contribution in [2.75, 3.05) is 0 Å². The zero-order chi connectivity index (χ0) is 44.0. The Balaban J connectivity index is 1.47. The van der Waals surface area contributed by atoms with E-state index < -0.39 is 35.8 Å². The molecule has 20 heteroatoms. The first-order chi connectivity index (χ1) is 29.5. The number of pyridine rings is 6. The summed E-state index contributed by atoms with van der Waals surface area (Å²) in [6.07, 6.45) is 0. The third kappa shape index (κ3) is 8.66. The first kappa shape index (κ1) is 40.4. The van der Waals surface area contributed by atoms with Crippen LogP contribution in [-0.4, -0.2) is 106 Å². The van der Waals surface area contributed by atoms with Crippen LogP contribution < -0.4 is 0 Å². The summed E-state index contributed by atoms with van der Waals surface area (Å²) < 4.78 is 0. The second kappa shape index (κ2) is 16.0. The molecule has 3 aliphatic rings. The van der Waals surface area contributed by atoms with Crippen LogP contribution in [0, 0.1) is 0 Å². The Labute approximate surface area is 348 Å². The molecule has 0 aliphatic carbocycles. The Kier molecular flexibility index (Phi) is 10.4. The van der Waals surface area contributed by atoms with Crippen LogP contribution in [0.25, 0.3) is 34.2 Å². The van der Waals surface area contributed by atoms with Crippen LogP contribution in [0.2, 0.25) is 0 Å². The van der Waals surface area contributed by atoms with E-state index in [0.29, 0.717) is 0 Å². The molecule has 0 saturated carbocycles. The van der Waals surface area contributed by atoms with Gasteiger partial charge in [0.05, 0.1) is 102 Å². The summed E-state index contributed by atoms with van der Waals surface area (Å²) in [5.41, 5.74) is -0.683. The summed E-state index contributed by atoms with van der Waals surface area (Å²) in [4.78, 5) is 107. The number of carboxylic acid groups (broad SMARTS) is 6. The molecule has 62 heavy (non-hydrogen) atoms. The van der Waals surface area contributed by atoms with Gasteiger partial charge >= 0.3 is 35.8 Å². The Morgan fingerprint density at radius 1 is 0.290 bits per heavy atom. The topological polar surface area (TPSA) is 308 Å². The van der Waals surface area contributed by atoms with Crippen molar-refractivity contribution in [2.24, 2.45) is 0 Å². The molecule has 0 spiro atoms. The molecule has 6 N–H and O–H groups in total. The van der Waals surface area contributed by atoms with E-state index in [1.165, 1.54) is 72.8 Å². The fourth-order valence-electron chi connectivity index (χ4n) is 7.25. The van der Waals surface area contributed by atoms with Crippen LogP contribution >= 0.6 is 0 Å². The van der Waals surface area contributed by atoms with E-state index in [1.807, 2.05) is 0 Å². The lowest BCUT2D eigenvalue weighted by molar-refractivity contribution is 0.0685. The SMILES string of the molecule is O=C(O)c1cc2nc(c1)-c1cc(C(=O)O)cc(n1)CN1Cc3cc(C(=O)O)cc(n3)-c3cc(C(=O)O)cc(n3)CN(C2)Cc2cc(C(=O)O)cc(n2)-c2cc(C(=O)O)cc(n2)C1. The Hall–Kier alpha value is -8.36. The molecular formula is C42H30N8O12. The van der Waals surface area contributed by atoms with E-state index in [0.717, 1.165) is 0 Å². The molecule has 0 unspecified atom stereocenters. The minimum absolute atomic E-state index is 0.0134. The normalized spacial score (nSPS) is 15.5. The van der Waals surface area contributed by atoms with Crippen molar-refractivity contribution in [3.05, 3.63) is 140 Å². The van der Waals surface area contributed by atoms with Crippen LogP contribution in [0.15, 0.2) is 72.8 Å². The zero-order valence-electron chi connectivity index (χ0n) is 31.9. The summed E-state index contributed by atoms with van der Waals surface area (Å²) in [7, 11) is 0. The van der Waals surface area contributed by atoms with Crippen LogP contribution in [0.1, 0.15) is 96.3 Å². The fourth-order valence-corrected chi connectivity index (χ4v) is 7.25. The third-order valence-electron chi connectivity index (χ3n) is 9.85. The van der Waals surface area contributed by atoms with Gasteiger partial charge in [0.15, 0.2) is 0 Å². The van der Waals surface area contributed by atoms with Gasteiger partial charge in [-0.25, -0.2) is 58.7 Å². The van der Waals surface area contributed by atoms with Crippen molar-refractivity contribution in [1.82, 2.24) is 39.7 Å². The Bertz CT molecular complexity index is 2430. The molecule has 0 atom stereocenters. The highest BCUT2D eigenvalue weighted by molar-refractivity contribution is 5.93. The molecule has 0 fully saturated rings. The van der Waals surface area contributed by atoms with Crippen molar-refractivity contribution in [2.45, 2.75) is 39.3 Å². The standard InChI is InChI=1S/C42H30N8O12/c51-37(52)19-1-25-13-49-14-26-2-21(39(55)56)9-33(45-26)35-11-23(41(59)60)5-29(47-35)17-50(16-28-4-20(38(53)54)8-32(44-28)31(7-19)43-25)18-30-6-24(42(61)62)12-36(48-30)34-10-22(40(57)58)3-27(15-49)46-34/h1-12H,13-18H2,(H,51,52)(H,53,54)(H,55,56)(H,57,58)(H,59,60)(H,61,62). The lowest BCUT2D eigenvalue weighted by atomic mass is 10.1. The number of aromatic carboxylic acids is 6. The lowest BCUT2D eigenvalue weighted by Crippen LogP contribution is -2.26. The van der Waals surface area contributed by atoms with Gasteiger partial charge < -0.3 is 30.6 Å². The van der Waals surface area contributed by atoms with E-state index in [-0.39, 0.29) is 141 Å². The van der Waals surface area contributed by atoms with Crippen LogP contribution in [0.4, 0.5) is 0 Å². The van der Waals surface area contributed by atoms with Crippen LogP contribution in [0.5, 0.6) is 0 Å². The number of aromatic nitrogens is 6. The van der Waals surface area contributed by atoms with E-state index in [9.17, 15) is 59.4 Å². The molecule has 9 heterocycles. The number of carboxylic acids is 6. The number of hydrogen-bond acceptors (Lipinski definition) is 14. The predicted molar refractivity (Wildman–Crippen MR) is 210 cm³/mol. The molecule has 310 valence electrons. The van der Waals surface area contributed by atoms with E-state index >= 15 is 0 Å². The minimum Gasteiger partial charge on any atom is -0.478 e. The van der Waals surface area contributed by atoms with Crippen molar-refractivity contribution < 1.29 is 59.4 Å². The molecule has 14 bridgehead atoms. The van der Waals surface area contributed by atoms with Crippen molar-refractivity contribution in [3.8, 4) is 34.2 Å². The highest BCUT2D eigenvalue weighted by Crippen LogP contribution is 2.28. The first-order valence-corrected chi connectivity index (χ1v) is 18.4. The van der Waals surface area contributed by atoms with Gasteiger partial charge in [-0.2, -0.15) is 0 Å². The maximum atomic E-state index is 12.5. The quantitative estimate of drug-likeness (QED) is 0.136. The first-order valence-electron chi connectivity index (χ1n) is 18.4. The second-order valence-corrected chi connectivity index (χ2v) is 14.5. The van der Waals surface area contributed by atoms with Crippen molar-refractivity contribution in [1.29, 1.82) is 0 Å². The Morgan fingerprint density at radius 3 is 0.565 bits per heavy atom. The van der Waals surface area contributed by atoms with Gasteiger partial charge in [-0.1, -0.05) is 0 Å². The molecule has 6 aromatic heterocycles. The zero-order valence-corrected chi connectivity index (χ0v) is 31.9. The summed E-state index contributed by atoms with van der Waals surface area (Å²) >= 11 is 0. The van der Waals surface area contributed by atoms with E-state index in [4.69, 9.17) is 29.9 Å². The summed E-state index contributed by atoms with van der Waals surface area (Å²) in [6.45, 7) is -1.31. The highest BCUT2D eigenvalue weighted by Gasteiger charge is 2.24. The van der Waals surface area contributed by atoms with Gasteiger partial charge in [-0.05, 0) is 72.8 Å². The highest BCUT2D eigenvalue weighted by atomic mass is 16.4. The summed E-state index contributed by atoms with van der Waals surface area (Å²) in [6, 6.07) is 15.0. The Morgan fingerprint density at radius 2 is 0.435 bits per heavy atom. The summed E-state index contributed by atoms with van der Waals surface area (Å²) in [5.74, 6) is -8.02. The van der Waals surface area contributed by atoms with E-state index in [1.54, 1.807) is 9.80 Å². The molecule has 0 aromatic carbocycles. The molecule has 3 aliphatic heterocycles. The second-order valence-electron chi connectivity index (χ2n) is 14.5. The van der Waals surface area contributed by atoms with Gasteiger partial charge in [-0.3, -0.25) is 9.80 Å². The molecule has 0 radical (unpaired) electrons. The van der Waals surface area contributed by atoms with Gasteiger partial charge in [0.1, 0.15) is 0 Å². The smallest absolute Gasteiger partial charge is 0.335 e. The average Bonchev–Trinajstić information content (AvgIpc) is 3.22.